The van der Waals surface area contributed by atoms with Crippen LogP contribution in [-0.2, 0) is 6.54 Å². The molecule has 1 aromatic carbocycles. The molecule has 16 heavy (non-hydrogen) atoms. The maximum atomic E-state index is 13.2. The predicted octanol–water partition coefficient (Wildman–Crippen LogP) is 1.88. The molecule has 0 aliphatic carbocycles. The van der Waals surface area contributed by atoms with Gasteiger partial charge in [-0.15, -0.1) is 24.0 Å². The zero-order valence-corrected chi connectivity index (χ0v) is 11.4. The van der Waals surface area contributed by atoms with E-state index in [0.29, 0.717) is 5.96 Å². The second-order valence-electron chi connectivity index (χ2n) is 2.88. The van der Waals surface area contributed by atoms with Crippen molar-refractivity contribution >= 4 is 29.9 Å². The van der Waals surface area contributed by atoms with E-state index in [0.717, 1.165) is 0 Å². The molecule has 0 bridgehead atoms. The Kier molecular flexibility index (Phi) is 6.95. The fourth-order valence-electron chi connectivity index (χ4n) is 1.15. The minimum atomic E-state index is -0.561. The van der Waals surface area contributed by atoms with Crippen LogP contribution in [0.25, 0.3) is 0 Å². The molecule has 3 nitrogen and oxygen atoms in total. The van der Waals surface area contributed by atoms with Crippen molar-refractivity contribution in [2.45, 2.75) is 6.54 Å². The molecular weight excluding hydrogens is 327 g/mol. The molecule has 90 valence electrons. The van der Waals surface area contributed by atoms with Crippen molar-refractivity contribution in [1.82, 2.24) is 10.6 Å². The third-order valence-electron chi connectivity index (χ3n) is 1.95. The number of benzene rings is 1. The molecule has 0 saturated heterocycles. The summed E-state index contributed by atoms with van der Waals surface area (Å²) in [5.74, 6) is -0.638. The normalized spacial score (nSPS) is 10.6. The minimum absolute atomic E-state index is 0. The zero-order valence-electron chi connectivity index (χ0n) is 9.05. The van der Waals surface area contributed by atoms with Gasteiger partial charge in [-0.2, -0.15) is 0 Å². The molecule has 0 spiro atoms. The van der Waals surface area contributed by atoms with Gasteiger partial charge in [0.15, 0.2) is 5.96 Å². The van der Waals surface area contributed by atoms with E-state index in [1.54, 1.807) is 14.1 Å². The molecule has 0 atom stereocenters. The summed E-state index contributed by atoms with van der Waals surface area (Å²) in [6.07, 6.45) is 0. The highest BCUT2D eigenvalue weighted by atomic mass is 127. The summed E-state index contributed by atoms with van der Waals surface area (Å²) in [6, 6.07) is 3.78. The third-order valence-corrected chi connectivity index (χ3v) is 1.95. The van der Waals surface area contributed by atoms with Crippen molar-refractivity contribution < 1.29 is 8.78 Å². The van der Waals surface area contributed by atoms with Crippen LogP contribution in [0, 0.1) is 11.6 Å². The molecule has 0 heterocycles. The monoisotopic (exact) mass is 341 g/mol. The number of hydrogen-bond donors (Lipinski definition) is 2. The summed E-state index contributed by atoms with van der Waals surface area (Å²) in [5.41, 5.74) is 0.00824. The molecule has 0 aliphatic rings. The van der Waals surface area contributed by atoms with Crippen LogP contribution in [0.5, 0.6) is 0 Å². The van der Waals surface area contributed by atoms with Gasteiger partial charge in [0.1, 0.15) is 11.6 Å². The van der Waals surface area contributed by atoms with Gasteiger partial charge in [-0.3, -0.25) is 4.99 Å². The second-order valence-corrected chi connectivity index (χ2v) is 2.88. The Balaban J connectivity index is 0.00000225. The number of rotatable bonds is 2. The zero-order chi connectivity index (χ0) is 11.3. The van der Waals surface area contributed by atoms with Gasteiger partial charge in [-0.25, -0.2) is 8.78 Å². The fraction of sp³-hybridized carbons (Fsp3) is 0.300. The first-order valence-corrected chi connectivity index (χ1v) is 4.50. The first-order valence-electron chi connectivity index (χ1n) is 4.50. The lowest BCUT2D eigenvalue weighted by Crippen LogP contribution is -2.34. The average molecular weight is 341 g/mol. The summed E-state index contributed by atoms with van der Waals surface area (Å²) in [6.45, 7) is 0.0615. The molecule has 0 aliphatic heterocycles. The molecule has 0 aromatic heterocycles. The Morgan fingerprint density at radius 1 is 1.31 bits per heavy atom. The summed E-state index contributed by atoms with van der Waals surface area (Å²) < 4.78 is 26.3. The van der Waals surface area contributed by atoms with Crippen LogP contribution in [0.4, 0.5) is 8.78 Å². The van der Waals surface area contributed by atoms with Gasteiger partial charge >= 0.3 is 0 Å². The molecule has 1 rings (SSSR count). The summed E-state index contributed by atoms with van der Waals surface area (Å²) in [5, 5.41) is 5.53. The molecule has 6 heteroatoms. The molecule has 0 saturated carbocycles. The highest BCUT2D eigenvalue weighted by Gasteiger charge is 2.07. The van der Waals surface area contributed by atoms with Crippen molar-refractivity contribution in [2.75, 3.05) is 14.1 Å². The van der Waals surface area contributed by atoms with Crippen LogP contribution in [0.15, 0.2) is 23.2 Å². The highest BCUT2D eigenvalue weighted by molar-refractivity contribution is 14.0. The van der Waals surface area contributed by atoms with E-state index in [2.05, 4.69) is 15.6 Å². The fourth-order valence-corrected chi connectivity index (χ4v) is 1.15. The summed E-state index contributed by atoms with van der Waals surface area (Å²) in [4.78, 5) is 3.83. The lowest BCUT2D eigenvalue weighted by Gasteiger charge is -2.09. The average Bonchev–Trinajstić information content (AvgIpc) is 2.23. The van der Waals surface area contributed by atoms with E-state index in [1.807, 2.05) is 0 Å². The van der Waals surface area contributed by atoms with Crippen molar-refractivity contribution in [1.29, 1.82) is 0 Å². The first kappa shape index (κ1) is 15.1. The number of hydrogen-bond acceptors (Lipinski definition) is 1. The van der Waals surface area contributed by atoms with Crippen molar-refractivity contribution in [2.24, 2.45) is 4.99 Å². The predicted molar refractivity (Wildman–Crippen MR) is 71.0 cm³/mol. The van der Waals surface area contributed by atoms with E-state index in [1.165, 1.54) is 18.2 Å². The number of halogens is 3. The summed E-state index contributed by atoms with van der Waals surface area (Å²) in [7, 11) is 3.25. The van der Waals surface area contributed by atoms with E-state index in [9.17, 15) is 8.78 Å². The molecule has 2 N–H and O–H groups in total. The molecule has 0 radical (unpaired) electrons. The van der Waals surface area contributed by atoms with Gasteiger partial charge < -0.3 is 10.6 Å². The van der Waals surface area contributed by atoms with Crippen LogP contribution in [0.1, 0.15) is 5.56 Å². The maximum absolute atomic E-state index is 13.2. The first-order chi connectivity index (χ1) is 7.19. The van der Waals surface area contributed by atoms with E-state index < -0.39 is 11.6 Å². The van der Waals surface area contributed by atoms with Gasteiger partial charge in [-0.1, -0.05) is 6.07 Å². The Morgan fingerprint density at radius 3 is 2.31 bits per heavy atom. The Labute approximate surface area is 110 Å². The number of nitrogens with zero attached hydrogens (tertiary/aromatic N) is 1. The quantitative estimate of drug-likeness (QED) is 0.490. The Morgan fingerprint density at radius 2 is 1.88 bits per heavy atom. The molecular formula is C10H14F2IN3. The van der Waals surface area contributed by atoms with Crippen molar-refractivity contribution in [3.05, 3.63) is 35.4 Å². The topological polar surface area (TPSA) is 36.4 Å². The maximum Gasteiger partial charge on any atom is 0.190 e. The number of aliphatic imine (C=N–C) groups is 1. The van der Waals surface area contributed by atoms with Gasteiger partial charge in [0.25, 0.3) is 0 Å². The van der Waals surface area contributed by atoms with Crippen LogP contribution in [-0.4, -0.2) is 20.1 Å². The van der Waals surface area contributed by atoms with E-state index in [4.69, 9.17) is 0 Å². The molecule has 0 fully saturated rings. The molecule has 0 amide bonds. The third kappa shape index (κ3) is 3.92. The number of nitrogens with one attached hydrogen (secondary N) is 2. The van der Waals surface area contributed by atoms with Crippen LogP contribution < -0.4 is 10.6 Å². The van der Waals surface area contributed by atoms with Gasteiger partial charge in [-0.05, 0) is 12.1 Å². The Bertz CT molecular complexity index is 349. The van der Waals surface area contributed by atoms with Crippen LogP contribution >= 0.6 is 24.0 Å². The Hall–Kier alpha value is -0.920. The van der Waals surface area contributed by atoms with Crippen LogP contribution in [0.2, 0.25) is 0 Å². The largest absolute Gasteiger partial charge is 0.359 e. The van der Waals surface area contributed by atoms with Crippen molar-refractivity contribution in [3.63, 3.8) is 0 Å². The second kappa shape index (κ2) is 7.37. The van der Waals surface area contributed by atoms with Gasteiger partial charge in [0, 0.05) is 26.2 Å². The van der Waals surface area contributed by atoms with Gasteiger partial charge in [0.2, 0.25) is 0 Å². The minimum Gasteiger partial charge on any atom is -0.359 e. The lowest BCUT2D eigenvalue weighted by molar-refractivity contribution is 0.550. The summed E-state index contributed by atoms with van der Waals surface area (Å²) >= 11 is 0. The lowest BCUT2D eigenvalue weighted by atomic mass is 10.2. The van der Waals surface area contributed by atoms with Crippen LogP contribution in [0.3, 0.4) is 0 Å². The SMILES string of the molecule is CN=C(NC)NCc1c(F)cccc1F.I. The van der Waals surface area contributed by atoms with Gasteiger partial charge in [0.05, 0.1) is 0 Å². The standard InChI is InChI=1S/C10H13F2N3.HI/c1-13-10(14-2)15-6-7-8(11)4-3-5-9(7)12;/h3-5H,6H2,1-2H3,(H2,13,14,15);1H. The smallest absolute Gasteiger partial charge is 0.190 e. The highest BCUT2D eigenvalue weighted by Crippen LogP contribution is 2.11. The molecule has 1 aromatic rings. The van der Waals surface area contributed by atoms with E-state index >= 15 is 0 Å². The van der Waals surface area contributed by atoms with E-state index in [-0.39, 0.29) is 36.1 Å². The number of guanidine groups is 1. The molecule has 0 unspecified atom stereocenters. The van der Waals surface area contributed by atoms with Crippen molar-refractivity contribution in [3.8, 4) is 0 Å².